The van der Waals surface area contributed by atoms with Crippen molar-refractivity contribution in [3.8, 4) is 5.75 Å². The summed E-state index contributed by atoms with van der Waals surface area (Å²) in [6, 6.07) is 5.43. The molecule has 190 valence electrons. The first-order valence-electron chi connectivity index (χ1n) is 12.0. The Hall–Kier alpha value is -3.08. The summed E-state index contributed by atoms with van der Waals surface area (Å²) in [6.45, 7) is 8.12. The summed E-state index contributed by atoms with van der Waals surface area (Å²) in [5.41, 5.74) is 2.02. The highest BCUT2D eigenvalue weighted by Gasteiger charge is 2.36. The lowest BCUT2D eigenvalue weighted by molar-refractivity contribution is -0.0274. The van der Waals surface area contributed by atoms with Crippen molar-refractivity contribution in [2.24, 2.45) is 0 Å². The predicted octanol–water partition coefficient (Wildman–Crippen LogP) is 4.44. The largest absolute Gasteiger partial charge is 0.494 e. The van der Waals surface area contributed by atoms with Crippen LogP contribution < -0.4 is 19.6 Å². The van der Waals surface area contributed by atoms with E-state index >= 15 is 0 Å². The summed E-state index contributed by atoms with van der Waals surface area (Å²) in [5, 5.41) is 8.62. The first-order valence-corrected chi connectivity index (χ1v) is 13.5. The highest BCUT2D eigenvalue weighted by molar-refractivity contribution is 7.93. The van der Waals surface area contributed by atoms with Crippen molar-refractivity contribution >= 4 is 38.2 Å². The van der Waals surface area contributed by atoms with Gasteiger partial charge in [0.15, 0.2) is 0 Å². The van der Waals surface area contributed by atoms with E-state index in [0.717, 1.165) is 42.3 Å². The van der Waals surface area contributed by atoms with Gasteiger partial charge in [-0.05, 0) is 52.5 Å². The van der Waals surface area contributed by atoms with Gasteiger partial charge in [-0.15, -0.1) is 5.10 Å². The van der Waals surface area contributed by atoms with Crippen molar-refractivity contribution in [2.45, 2.75) is 77.1 Å². The van der Waals surface area contributed by atoms with Crippen molar-refractivity contribution in [1.29, 1.82) is 0 Å². The zero-order chi connectivity index (χ0) is 25.2. The maximum Gasteiger partial charge on any atom is 0.236 e. The molecule has 2 N–H and O–H groups in total. The summed E-state index contributed by atoms with van der Waals surface area (Å²) >= 11 is 0. The van der Waals surface area contributed by atoms with E-state index in [4.69, 9.17) is 14.7 Å². The van der Waals surface area contributed by atoms with E-state index in [1.165, 1.54) is 6.33 Å². The van der Waals surface area contributed by atoms with Gasteiger partial charge in [-0.1, -0.05) is 24.6 Å². The highest BCUT2D eigenvalue weighted by atomic mass is 32.2. The van der Waals surface area contributed by atoms with Crippen LogP contribution in [0.25, 0.3) is 10.9 Å². The number of anilines is 3. The van der Waals surface area contributed by atoms with Gasteiger partial charge in [-0.2, -0.15) is 0 Å². The normalized spacial score (nSPS) is 14.2. The number of rotatable bonds is 11. The summed E-state index contributed by atoms with van der Waals surface area (Å²) in [7, 11) is -1.83. The number of hydrogen-bond donors (Lipinski definition) is 2. The van der Waals surface area contributed by atoms with Crippen LogP contribution >= 0.6 is 0 Å². The molecule has 10 nitrogen and oxygen atoms in total. The second kappa shape index (κ2) is 9.88. The van der Waals surface area contributed by atoms with Crippen molar-refractivity contribution in [3.05, 3.63) is 30.2 Å². The third-order valence-corrected chi connectivity index (χ3v) is 7.41. The number of ether oxygens (including phenoxy) is 1. The zero-order valence-corrected chi connectivity index (χ0v) is 21.8. The quantitative estimate of drug-likeness (QED) is 0.369. The molecule has 0 unspecified atom stereocenters. The molecule has 1 saturated carbocycles. The molecule has 0 atom stereocenters. The Morgan fingerprint density at radius 3 is 2.51 bits per heavy atom. The average molecular weight is 503 g/mol. The number of aromatic nitrogens is 4. The Morgan fingerprint density at radius 2 is 1.86 bits per heavy atom. The van der Waals surface area contributed by atoms with Gasteiger partial charge in [0, 0.05) is 17.5 Å². The Kier molecular flexibility index (Phi) is 7.07. The molecule has 0 spiro atoms. The lowest BCUT2D eigenvalue weighted by Crippen LogP contribution is -2.32. The third-order valence-electron chi connectivity index (χ3n) is 5.56. The average Bonchev–Trinajstić information content (AvgIpc) is 3.59. The Morgan fingerprint density at radius 1 is 1.11 bits per heavy atom. The van der Waals surface area contributed by atoms with Crippen molar-refractivity contribution in [2.75, 3.05) is 17.1 Å². The molecule has 2 aromatic heterocycles. The molecule has 0 aliphatic heterocycles. The molecule has 0 amide bonds. The minimum atomic E-state index is -3.42. The third kappa shape index (κ3) is 6.14. The van der Waals surface area contributed by atoms with Gasteiger partial charge >= 0.3 is 0 Å². The summed E-state index contributed by atoms with van der Waals surface area (Å²) in [5.74, 6) is 1.24. The second-order valence-corrected chi connectivity index (χ2v) is 11.8. The molecule has 3 aromatic rings. The van der Waals surface area contributed by atoms with Crippen molar-refractivity contribution in [3.63, 3.8) is 0 Å². The smallest absolute Gasteiger partial charge is 0.236 e. The first kappa shape index (κ1) is 25.0. The molecule has 1 aromatic carbocycles. The fourth-order valence-electron chi connectivity index (χ4n) is 3.73. The maximum absolute atomic E-state index is 12.3. The van der Waals surface area contributed by atoms with Crippen LogP contribution in [0.1, 0.15) is 65.5 Å². The molecule has 1 fully saturated rings. The summed E-state index contributed by atoms with van der Waals surface area (Å²) < 4.78 is 32.8. The Bertz CT molecular complexity index is 1300. The monoisotopic (exact) mass is 502 g/mol. The fraction of sp³-hybridized carbons (Fsp3) is 0.542. The van der Waals surface area contributed by atoms with Crippen molar-refractivity contribution in [1.82, 2.24) is 19.9 Å². The SMILES string of the molecule is CCCCCc1nn(OC(C)(C)C)c2cc(OC)c(Nc3cc(NS(=O)(=O)C4CC4)ncn3)cc12. The molecule has 35 heavy (non-hydrogen) atoms. The number of nitrogens with zero attached hydrogens (tertiary/aromatic N) is 4. The van der Waals surface area contributed by atoms with Crippen LogP contribution in [0, 0.1) is 0 Å². The molecule has 11 heteroatoms. The second-order valence-electron chi connectivity index (χ2n) is 9.81. The van der Waals surface area contributed by atoms with Crippen LogP contribution in [0.4, 0.5) is 17.3 Å². The number of aryl methyl sites for hydroxylation is 1. The van der Waals surface area contributed by atoms with Crippen molar-refractivity contribution < 1.29 is 18.0 Å². The molecule has 2 heterocycles. The molecule has 1 aliphatic rings. The first-order chi connectivity index (χ1) is 16.6. The molecule has 0 saturated heterocycles. The molecule has 1 aliphatic carbocycles. The van der Waals surface area contributed by atoms with Crippen LogP contribution in [-0.4, -0.2) is 46.3 Å². The van der Waals surface area contributed by atoms with Gasteiger partial charge in [0.05, 0.1) is 23.7 Å². The van der Waals surface area contributed by atoms with E-state index in [1.54, 1.807) is 18.0 Å². The number of sulfonamides is 1. The number of unbranched alkanes of at least 4 members (excludes halogenated alkanes) is 2. The van der Waals surface area contributed by atoms with Gasteiger partial charge in [0.2, 0.25) is 10.0 Å². The number of nitrogens with one attached hydrogen (secondary N) is 2. The van der Waals surface area contributed by atoms with Gasteiger partial charge in [-0.25, -0.2) is 18.4 Å². The lowest BCUT2D eigenvalue weighted by Gasteiger charge is -2.20. The fourth-order valence-corrected chi connectivity index (χ4v) is 5.05. The van der Waals surface area contributed by atoms with E-state index in [2.05, 4.69) is 26.9 Å². The summed E-state index contributed by atoms with van der Waals surface area (Å²) in [4.78, 5) is 16.0. The van der Waals surface area contributed by atoms with E-state index in [-0.39, 0.29) is 11.1 Å². The minimum Gasteiger partial charge on any atom is -0.494 e. The van der Waals surface area contributed by atoms with Gasteiger partial charge < -0.3 is 14.9 Å². The van der Waals surface area contributed by atoms with Crippen LogP contribution in [0.3, 0.4) is 0 Å². The van der Waals surface area contributed by atoms with Gasteiger partial charge in [0.1, 0.15) is 34.8 Å². The van der Waals surface area contributed by atoms with Crippen LogP contribution in [-0.2, 0) is 16.4 Å². The Labute approximate surface area is 206 Å². The van der Waals surface area contributed by atoms with E-state index in [9.17, 15) is 8.42 Å². The van der Waals surface area contributed by atoms with Crippen LogP contribution in [0.15, 0.2) is 24.5 Å². The number of hydrogen-bond acceptors (Lipinski definition) is 8. The standard InChI is InChI=1S/C24H34N6O4S/c1-6-7-8-9-18-17-12-19(21(33-5)13-20(17)30(28-18)34-24(2,3)4)27-22-14-23(26-15-25-22)29-35(31,32)16-10-11-16/h12-16H,6-11H2,1-5H3,(H2,25,26,27,29). The zero-order valence-electron chi connectivity index (χ0n) is 21.0. The molecular weight excluding hydrogens is 468 g/mol. The lowest BCUT2D eigenvalue weighted by atomic mass is 10.1. The minimum absolute atomic E-state index is 0.223. The predicted molar refractivity (Wildman–Crippen MR) is 137 cm³/mol. The Balaban J connectivity index is 1.68. The molecular formula is C24H34N6O4S. The van der Waals surface area contributed by atoms with E-state index < -0.39 is 15.6 Å². The van der Waals surface area contributed by atoms with Crippen LogP contribution in [0.2, 0.25) is 0 Å². The number of benzene rings is 1. The number of fused-ring (bicyclic) bond motifs is 1. The van der Waals surface area contributed by atoms with E-state index in [0.29, 0.717) is 30.1 Å². The summed E-state index contributed by atoms with van der Waals surface area (Å²) in [6.07, 6.45) is 6.78. The molecule has 4 rings (SSSR count). The molecule has 0 bridgehead atoms. The highest BCUT2D eigenvalue weighted by Crippen LogP contribution is 2.35. The number of methoxy groups -OCH3 is 1. The van der Waals surface area contributed by atoms with Gasteiger partial charge in [0.25, 0.3) is 0 Å². The van der Waals surface area contributed by atoms with Crippen LogP contribution in [0.5, 0.6) is 5.75 Å². The maximum atomic E-state index is 12.3. The van der Waals surface area contributed by atoms with Gasteiger partial charge in [-0.3, -0.25) is 4.72 Å². The van der Waals surface area contributed by atoms with E-state index in [1.807, 2.05) is 32.9 Å². The topological polar surface area (TPSA) is 120 Å². The molecule has 0 radical (unpaired) electrons.